The zero-order valence-electron chi connectivity index (χ0n) is 18.9. The molecular formula is C25H26N4O4S. The van der Waals surface area contributed by atoms with Gasteiger partial charge in [0.25, 0.3) is 11.8 Å². The molecule has 3 heterocycles. The van der Waals surface area contributed by atoms with Crippen molar-refractivity contribution in [2.75, 3.05) is 18.5 Å². The topological polar surface area (TPSA) is 102 Å². The van der Waals surface area contributed by atoms with Crippen molar-refractivity contribution in [2.45, 2.75) is 45.1 Å². The maximum absolute atomic E-state index is 13.1. The Morgan fingerprint density at radius 3 is 2.88 bits per heavy atom. The fourth-order valence-corrected chi connectivity index (χ4v) is 5.76. The van der Waals surface area contributed by atoms with E-state index in [-0.39, 0.29) is 17.7 Å². The lowest BCUT2D eigenvalue weighted by atomic mass is 10.1. The Labute approximate surface area is 201 Å². The van der Waals surface area contributed by atoms with Crippen LogP contribution in [0.5, 0.6) is 0 Å². The Hall–Kier alpha value is -3.30. The highest BCUT2D eigenvalue weighted by atomic mass is 32.1. The lowest BCUT2D eigenvalue weighted by Gasteiger charge is -2.13. The van der Waals surface area contributed by atoms with Gasteiger partial charge in [0.15, 0.2) is 5.69 Å². The monoisotopic (exact) mass is 478 g/mol. The number of benzene rings is 1. The Kier molecular flexibility index (Phi) is 6.30. The number of aromatic nitrogens is 2. The zero-order valence-corrected chi connectivity index (χ0v) is 19.7. The summed E-state index contributed by atoms with van der Waals surface area (Å²) >= 11 is 1.41. The van der Waals surface area contributed by atoms with E-state index in [0.29, 0.717) is 17.1 Å². The van der Waals surface area contributed by atoms with Gasteiger partial charge >= 0.3 is 0 Å². The Bertz CT molecular complexity index is 1310. The Morgan fingerprint density at radius 2 is 2.09 bits per heavy atom. The van der Waals surface area contributed by atoms with Crippen LogP contribution in [0, 0.1) is 6.92 Å². The van der Waals surface area contributed by atoms with E-state index < -0.39 is 11.3 Å². The number of anilines is 1. The van der Waals surface area contributed by atoms with Gasteiger partial charge in [-0.25, -0.2) is 4.68 Å². The number of nitrogens with one attached hydrogen (secondary N) is 2. The summed E-state index contributed by atoms with van der Waals surface area (Å²) in [7, 11) is 0. The van der Waals surface area contributed by atoms with Gasteiger partial charge in [-0.15, -0.1) is 11.3 Å². The molecule has 1 aromatic carbocycles. The quantitative estimate of drug-likeness (QED) is 0.566. The van der Waals surface area contributed by atoms with Gasteiger partial charge in [0, 0.05) is 30.3 Å². The van der Waals surface area contributed by atoms with Crippen molar-refractivity contribution in [3.8, 4) is 5.69 Å². The summed E-state index contributed by atoms with van der Waals surface area (Å²) in [6.45, 7) is 3.12. The largest absolute Gasteiger partial charge is 0.376 e. The number of fused-ring (bicyclic) bond motifs is 1. The van der Waals surface area contributed by atoms with Crippen molar-refractivity contribution >= 4 is 28.2 Å². The molecule has 2 N–H and O–H groups in total. The normalized spacial score (nSPS) is 16.9. The predicted molar refractivity (Wildman–Crippen MR) is 130 cm³/mol. The second kappa shape index (κ2) is 9.52. The van der Waals surface area contributed by atoms with Crippen LogP contribution in [0.4, 0.5) is 5.00 Å². The number of hydrogen-bond acceptors (Lipinski definition) is 6. The Morgan fingerprint density at radius 1 is 1.21 bits per heavy atom. The molecule has 176 valence electrons. The predicted octanol–water partition coefficient (Wildman–Crippen LogP) is 3.25. The summed E-state index contributed by atoms with van der Waals surface area (Å²) in [6.07, 6.45) is 6.17. The molecule has 3 aromatic rings. The van der Waals surface area contributed by atoms with Crippen molar-refractivity contribution in [1.82, 2.24) is 15.1 Å². The zero-order chi connectivity index (χ0) is 23.7. The minimum Gasteiger partial charge on any atom is -0.376 e. The maximum atomic E-state index is 13.1. The maximum Gasteiger partial charge on any atom is 0.280 e. The average Bonchev–Trinajstić information content (AvgIpc) is 3.56. The molecule has 1 aliphatic carbocycles. The molecule has 0 saturated carbocycles. The van der Waals surface area contributed by atoms with Crippen LogP contribution >= 0.6 is 11.3 Å². The first-order valence-electron chi connectivity index (χ1n) is 11.5. The van der Waals surface area contributed by atoms with Gasteiger partial charge in [0.2, 0.25) is 5.43 Å². The fourth-order valence-electron chi connectivity index (χ4n) is 4.47. The average molecular weight is 479 g/mol. The van der Waals surface area contributed by atoms with Crippen molar-refractivity contribution in [1.29, 1.82) is 0 Å². The van der Waals surface area contributed by atoms with E-state index in [1.165, 1.54) is 28.3 Å². The molecule has 0 unspecified atom stereocenters. The van der Waals surface area contributed by atoms with E-state index in [2.05, 4.69) is 15.7 Å². The van der Waals surface area contributed by atoms with Gasteiger partial charge in [-0.1, -0.05) is 12.1 Å². The summed E-state index contributed by atoms with van der Waals surface area (Å²) in [4.78, 5) is 39.8. The standard InChI is InChI=1S/C25H26N4O4S/c1-15-5-2-6-16(13-15)29-11-10-19(30)22(28-29)24(32)27-25-21(18-8-3-9-20(18)34-25)23(31)26-14-17-7-4-12-33-17/h2,5-6,10-11,13,17H,3-4,7-9,12,14H2,1H3,(H,26,31)(H,27,32)/t17-/m1/s1. The van der Waals surface area contributed by atoms with Crippen LogP contribution in [0.3, 0.4) is 0 Å². The number of rotatable bonds is 6. The number of ether oxygens (including phenoxy) is 1. The van der Waals surface area contributed by atoms with Crippen molar-refractivity contribution < 1.29 is 14.3 Å². The van der Waals surface area contributed by atoms with E-state index in [9.17, 15) is 14.4 Å². The summed E-state index contributed by atoms with van der Waals surface area (Å²) in [5.74, 6) is -0.844. The molecule has 1 aliphatic heterocycles. The smallest absolute Gasteiger partial charge is 0.280 e. The van der Waals surface area contributed by atoms with Crippen LogP contribution < -0.4 is 16.1 Å². The lowest BCUT2D eigenvalue weighted by molar-refractivity contribution is 0.0858. The summed E-state index contributed by atoms with van der Waals surface area (Å²) < 4.78 is 7.11. The fraction of sp³-hybridized carbons (Fsp3) is 0.360. The third-order valence-electron chi connectivity index (χ3n) is 6.18. The van der Waals surface area contributed by atoms with Gasteiger partial charge in [-0.05, 0) is 62.3 Å². The molecule has 1 fully saturated rings. The third kappa shape index (κ3) is 4.53. The van der Waals surface area contributed by atoms with Crippen LogP contribution in [0.15, 0.2) is 41.3 Å². The van der Waals surface area contributed by atoms with E-state index in [0.717, 1.165) is 60.4 Å². The van der Waals surface area contributed by atoms with Crippen LogP contribution in [-0.4, -0.2) is 40.9 Å². The molecule has 34 heavy (non-hydrogen) atoms. The first-order valence-corrected chi connectivity index (χ1v) is 12.3. The van der Waals surface area contributed by atoms with Crippen molar-refractivity contribution in [2.24, 2.45) is 0 Å². The molecular weight excluding hydrogens is 452 g/mol. The molecule has 0 spiro atoms. The summed E-state index contributed by atoms with van der Waals surface area (Å²) in [5, 5.41) is 10.5. The Balaban J connectivity index is 1.40. The molecule has 0 bridgehead atoms. The molecule has 2 amide bonds. The lowest BCUT2D eigenvalue weighted by Crippen LogP contribution is -2.33. The van der Waals surface area contributed by atoms with Crippen LogP contribution in [0.25, 0.3) is 5.69 Å². The van der Waals surface area contributed by atoms with Gasteiger partial charge in [0.1, 0.15) is 5.00 Å². The molecule has 1 saturated heterocycles. The van der Waals surface area contributed by atoms with E-state index in [1.54, 1.807) is 0 Å². The summed E-state index contributed by atoms with van der Waals surface area (Å²) in [5.41, 5.74) is 2.58. The highest BCUT2D eigenvalue weighted by Gasteiger charge is 2.29. The SMILES string of the molecule is Cc1cccc(-n2ccc(=O)c(C(=O)Nc3sc4c(c3C(=O)NC[C@H]3CCCO3)CCC4)n2)c1. The van der Waals surface area contributed by atoms with E-state index >= 15 is 0 Å². The number of hydrogen-bond donors (Lipinski definition) is 2. The van der Waals surface area contributed by atoms with Gasteiger partial charge < -0.3 is 15.4 Å². The number of thiophene rings is 1. The molecule has 0 radical (unpaired) electrons. The highest BCUT2D eigenvalue weighted by molar-refractivity contribution is 7.17. The van der Waals surface area contributed by atoms with Crippen LogP contribution in [0.1, 0.15) is 56.1 Å². The van der Waals surface area contributed by atoms with Crippen molar-refractivity contribution in [3.63, 3.8) is 0 Å². The minimum absolute atomic E-state index is 0.0299. The first-order chi connectivity index (χ1) is 16.5. The van der Waals surface area contributed by atoms with Gasteiger partial charge in [-0.2, -0.15) is 5.10 Å². The van der Waals surface area contributed by atoms with Gasteiger partial charge in [0.05, 0.1) is 17.4 Å². The van der Waals surface area contributed by atoms with E-state index in [1.807, 2.05) is 31.2 Å². The first kappa shape index (κ1) is 22.5. The second-order valence-corrected chi connectivity index (χ2v) is 9.78. The van der Waals surface area contributed by atoms with Crippen LogP contribution in [-0.2, 0) is 17.6 Å². The molecule has 9 heteroatoms. The number of carbonyl (C=O) groups is 2. The molecule has 2 aliphatic rings. The molecule has 1 atom stereocenters. The van der Waals surface area contributed by atoms with Crippen molar-refractivity contribution in [3.05, 3.63) is 74.0 Å². The van der Waals surface area contributed by atoms with E-state index in [4.69, 9.17) is 4.74 Å². The van der Waals surface area contributed by atoms with Gasteiger partial charge in [-0.3, -0.25) is 14.4 Å². The second-order valence-electron chi connectivity index (χ2n) is 8.67. The molecule has 8 nitrogen and oxygen atoms in total. The highest BCUT2D eigenvalue weighted by Crippen LogP contribution is 2.39. The number of nitrogens with zero attached hydrogens (tertiary/aromatic N) is 2. The summed E-state index contributed by atoms with van der Waals surface area (Å²) in [6, 6.07) is 8.94. The number of amides is 2. The van der Waals surface area contributed by atoms with Crippen LogP contribution in [0.2, 0.25) is 0 Å². The number of carbonyl (C=O) groups excluding carboxylic acids is 2. The molecule has 2 aromatic heterocycles. The third-order valence-corrected chi connectivity index (χ3v) is 7.39. The number of aryl methyl sites for hydroxylation is 2. The minimum atomic E-state index is -0.625. The molecule has 5 rings (SSSR count).